The lowest BCUT2D eigenvalue weighted by Crippen LogP contribution is -2.23. The lowest BCUT2D eigenvalue weighted by Gasteiger charge is -2.35. The van der Waals surface area contributed by atoms with Crippen LogP contribution in [0.4, 0.5) is 0 Å². The SMILES string of the molecule is CCCCCC[C@H]1CC[C@H](C2CC=C(CCc3ccc(CCC)cc3)CC2)CC1. The lowest BCUT2D eigenvalue weighted by atomic mass is 9.70. The number of allylic oxidation sites excluding steroid dienone is 2. The van der Waals surface area contributed by atoms with Gasteiger partial charge in [0.25, 0.3) is 0 Å². The summed E-state index contributed by atoms with van der Waals surface area (Å²) in [4.78, 5) is 0. The molecule has 1 atom stereocenters. The Kier molecular flexibility index (Phi) is 9.84. The summed E-state index contributed by atoms with van der Waals surface area (Å²) in [5, 5.41) is 0. The van der Waals surface area contributed by atoms with E-state index in [4.69, 9.17) is 0 Å². The highest BCUT2D eigenvalue weighted by molar-refractivity contribution is 5.23. The smallest absolute Gasteiger partial charge is 0.0241 e. The number of unbranched alkanes of at least 4 members (excludes halogenated alkanes) is 3. The highest BCUT2D eigenvalue weighted by Gasteiger charge is 2.28. The quantitative estimate of drug-likeness (QED) is 0.259. The molecule has 0 heterocycles. The number of benzene rings is 1. The first-order valence-electron chi connectivity index (χ1n) is 13.0. The molecule has 1 aromatic rings. The van der Waals surface area contributed by atoms with Crippen LogP contribution in [-0.2, 0) is 12.8 Å². The van der Waals surface area contributed by atoms with Gasteiger partial charge in [0.05, 0.1) is 0 Å². The topological polar surface area (TPSA) is 0 Å². The molecular weight excluding hydrogens is 348 g/mol. The minimum Gasteiger partial charge on any atom is -0.0850 e. The van der Waals surface area contributed by atoms with Crippen molar-refractivity contribution in [3.05, 3.63) is 47.0 Å². The first kappa shape index (κ1) is 22.6. The van der Waals surface area contributed by atoms with Crippen LogP contribution < -0.4 is 0 Å². The van der Waals surface area contributed by atoms with E-state index >= 15 is 0 Å². The summed E-state index contributed by atoms with van der Waals surface area (Å²) in [6.07, 6.45) is 25.2. The van der Waals surface area contributed by atoms with E-state index in [9.17, 15) is 0 Å². The maximum atomic E-state index is 2.64. The fourth-order valence-corrected chi connectivity index (χ4v) is 5.84. The summed E-state index contributed by atoms with van der Waals surface area (Å²) >= 11 is 0. The van der Waals surface area contributed by atoms with Crippen molar-refractivity contribution in [1.82, 2.24) is 0 Å². The van der Waals surface area contributed by atoms with Crippen LogP contribution in [0.2, 0.25) is 0 Å². The molecule has 0 bridgehead atoms. The summed E-state index contributed by atoms with van der Waals surface area (Å²) < 4.78 is 0. The highest BCUT2D eigenvalue weighted by atomic mass is 14.3. The molecule has 0 aliphatic heterocycles. The Morgan fingerprint density at radius 3 is 2.03 bits per heavy atom. The van der Waals surface area contributed by atoms with Crippen LogP contribution in [0.25, 0.3) is 0 Å². The van der Waals surface area contributed by atoms with Gasteiger partial charge in [-0.1, -0.05) is 101 Å². The van der Waals surface area contributed by atoms with Gasteiger partial charge >= 0.3 is 0 Å². The van der Waals surface area contributed by atoms with Crippen LogP contribution in [0, 0.1) is 17.8 Å². The van der Waals surface area contributed by atoms with Crippen LogP contribution in [0.15, 0.2) is 35.9 Å². The third-order valence-corrected chi connectivity index (χ3v) is 7.87. The van der Waals surface area contributed by atoms with E-state index in [-0.39, 0.29) is 0 Å². The monoisotopic (exact) mass is 394 g/mol. The summed E-state index contributed by atoms with van der Waals surface area (Å²) in [5.74, 6) is 3.08. The second-order valence-corrected chi connectivity index (χ2v) is 10.1. The Bertz CT molecular complexity index is 585. The average molecular weight is 395 g/mol. The van der Waals surface area contributed by atoms with Crippen LogP contribution in [0.3, 0.4) is 0 Å². The molecule has 0 amide bonds. The zero-order chi connectivity index (χ0) is 20.3. The van der Waals surface area contributed by atoms with Gasteiger partial charge < -0.3 is 0 Å². The van der Waals surface area contributed by atoms with E-state index in [2.05, 4.69) is 44.2 Å². The van der Waals surface area contributed by atoms with Gasteiger partial charge in [0, 0.05) is 0 Å². The normalized spacial score (nSPS) is 25.0. The minimum absolute atomic E-state index is 0.994. The zero-order valence-corrected chi connectivity index (χ0v) is 19.4. The van der Waals surface area contributed by atoms with E-state index < -0.39 is 0 Å². The number of aryl methyl sites for hydroxylation is 2. The Balaban J connectivity index is 1.34. The predicted octanol–water partition coefficient (Wildman–Crippen LogP) is 9.08. The number of rotatable bonds is 11. The first-order valence-corrected chi connectivity index (χ1v) is 13.0. The van der Waals surface area contributed by atoms with Crippen molar-refractivity contribution in [2.75, 3.05) is 0 Å². The molecule has 2 aliphatic carbocycles. The summed E-state index contributed by atoms with van der Waals surface area (Å²) in [6.45, 7) is 4.58. The third kappa shape index (κ3) is 7.62. The second-order valence-electron chi connectivity index (χ2n) is 10.1. The lowest BCUT2D eigenvalue weighted by molar-refractivity contribution is 0.185. The molecule has 0 spiro atoms. The van der Waals surface area contributed by atoms with Crippen molar-refractivity contribution < 1.29 is 0 Å². The average Bonchev–Trinajstić information content (AvgIpc) is 2.77. The molecular formula is C29H46. The standard InChI is InChI=1S/C29H46/c1-3-5-6-7-9-25-16-20-28(21-17-25)29-22-18-27(19-23-29)15-14-26-12-10-24(8-4-2)11-13-26/h10-13,18,25,28-29H,3-9,14-17,19-23H2,1-2H3/t25-,28-,29?. The van der Waals surface area contributed by atoms with Gasteiger partial charge in [-0.05, 0) is 80.2 Å². The van der Waals surface area contributed by atoms with E-state index in [1.54, 1.807) is 5.57 Å². The van der Waals surface area contributed by atoms with Gasteiger partial charge in [0.15, 0.2) is 0 Å². The second kappa shape index (κ2) is 12.6. The Labute approximate surface area is 181 Å². The molecule has 0 heteroatoms. The number of hydrogen-bond acceptors (Lipinski definition) is 0. The van der Waals surface area contributed by atoms with Gasteiger partial charge in [-0.25, -0.2) is 0 Å². The van der Waals surface area contributed by atoms with Crippen LogP contribution in [0.5, 0.6) is 0 Å². The minimum atomic E-state index is 0.994. The van der Waals surface area contributed by atoms with Crippen molar-refractivity contribution in [3.63, 3.8) is 0 Å². The third-order valence-electron chi connectivity index (χ3n) is 7.87. The molecule has 1 fully saturated rings. The predicted molar refractivity (Wildman–Crippen MR) is 128 cm³/mol. The molecule has 0 nitrogen and oxygen atoms in total. The summed E-state index contributed by atoms with van der Waals surface area (Å²) in [5.41, 5.74) is 4.75. The van der Waals surface area contributed by atoms with Gasteiger partial charge in [-0.3, -0.25) is 0 Å². The molecule has 0 saturated heterocycles. The molecule has 0 radical (unpaired) electrons. The molecule has 162 valence electrons. The summed E-state index contributed by atoms with van der Waals surface area (Å²) in [7, 11) is 0. The van der Waals surface area contributed by atoms with E-state index in [1.807, 2.05) is 0 Å². The Hall–Kier alpha value is -1.04. The van der Waals surface area contributed by atoms with Crippen LogP contribution in [0.1, 0.15) is 115 Å². The van der Waals surface area contributed by atoms with E-state index in [1.165, 1.54) is 114 Å². The molecule has 29 heavy (non-hydrogen) atoms. The molecule has 0 N–H and O–H groups in total. The largest absolute Gasteiger partial charge is 0.0850 e. The zero-order valence-electron chi connectivity index (χ0n) is 19.4. The van der Waals surface area contributed by atoms with E-state index in [0.717, 1.165) is 17.8 Å². The molecule has 0 aromatic heterocycles. The van der Waals surface area contributed by atoms with Crippen molar-refractivity contribution in [1.29, 1.82) is 0 Å². The van der Waals surface area contributed by atoms with Crippen molar-refractivity contribution in [3.8, 4) is 0 Å². The van der Waals surface area contributed by atoms with Crippen LogP contribution >= 0.6 is 0 Å². The fraction of sp³-hybridized carbons (Fsp3) is 0.724. The molecule has 1 unspecified atom stereocenters. The first-order chi connectivity index (χ1) is 14.3. The maximum absolute atomic E-state index is 2.64. The van der Waals surface area contributed by atoms with Gasteiger partial charge in [0.1, 0.15) is 0 Å². The summed E-state index contributed by atoms with van der Waals surface area (Å²) in [6, 6.07) is 9.39. The van der Waals surface area contributed by atoms with E-state index in [0.29, 0.717) is 0 Å². The maximum Gasteiger partial charge on any atom is -0.0241 e. The van der Waals surface area contributed by atoms with Gasteiger partial charge in [-0.2, -0.15) is 0 Å². The fourth-order valence-electron chi connectivity index (χ4n) is 5.84. The molecule has 1 aromatic carbocycles. The number of hydrogen-bond donors (Lipinski definition) is 0. The van der Waals surface area contributed by atoms with Gasteiger partial charge in [-0.15, -0.1) is 0 Å². The Morgan fingerprint density at radius 2 is 1.41 bits per heavy atom. The molecule has 3 rings (SSSR count). The highest BCUT2D eigenvalue weighted by Crippen LogP contribution is 2.41. The van der Waals surface area contributed by atoms with Crippen molar-refractivity contribution in [2.24, 2.45) is 17.8 Å². The molecule has 1 saturated carbocycles. The van der Waals surface area contributed by atoms with Crippen molar-refractivity contribution in [2.45, 2.75) is 117 Å². The van der Waals surface area contributed by atoms with Crippen molar-refractivity contribution >= 4 is 0 Å². The van der Waals surface area contributed by atoms with Gasteiger partial charge in [0.2, 0.25) is 0 Å². The van der Waals surface area contributed by atoms with Crippen LogP contribution in [-0.4, -0.2) is 0 Å². The Morgan fingerprint density at radius 1 is 0.690 bits per heavy atom. The molecule has 2 aliphatic rings.